The number of aromatic nitrogens is 2. The van der Waals surface area contributed by atoms with Crippen LogP contribution in [0.5, 0.6) is 0 Å². The van der Waals surface area contributed by atoms with Gasteiger partial charge in [-0.3, -0.25) is 9.80 Å². The SMILES string of the molecule is Clc1cnc(N2CC(N3CCN(C4CCCCC4)CC3)C2)nc1. The average molecular weight is 336 g/mol. The van der Waals surface area contributed by atoms with Gasteiger partial charge in [0.1, 0.15) is 0 Å². The third-order valence-electron chi connectivity index (χ3n) is 5.71. The van der Waals surface area contributed by atoms with Crippen molar-refractivity contribution in [3.05, 3.63) is 17.4 Å². The maximum absolute atomic E-state index is 5.85. The molecular weight excluding hydrogens is 310 g/mol. The largest absolute Gasteiger partial charge is 0.338 e. The third kappa shape index (κ3) is 3.47. The number of hydrogen-bond donors (Lipinski definition) is 0. The van der Waals surface area contributed by atoms with Crippen LogP contribution in [0.2, 0.25) is 5.02 Å². The molecule has 0 N–H and O–H groups in total. The summed E-state index contributed by atoms with van der Waals surface area (Å²) in [5, 5.41) is 0.602. The van der Waals surface area contributed by atoms with Crippen LogP contribution in [0.3, 0.4) is 0 Å². The van der Waals surface area contributed by atoms with Crippen molar-refractivity contribution in [1.29, 1.82) is 0 Å². The second kappa shape index (κ2) is 6.91. The van der Waals surface area contributed by atoms with Crippen molar-refractivity contribution in [2.45, 2.75) is 44.2 Å². The molecular formula is C17H26ClN5. The van der Waals surface area contributed by atoms with Crippen LogP contribution in [-0.2, 0) is 0 Å². The maximum Gasteiger partial charge on any atom is 0.225 e. The summed E-state index contributed by atoms with van der Waals surface area (Å²) in [4.78, 5) is 16.3. The van der Waals surface area contributed by atoms with Crippen molar-refractivity contribution in [3.63, 3.8) is 0 Å². The Morgan fingerprint density at radius 2 is 1.39 bits per heavy atom. The van der Waals surface area contributed by atoms with Gasteiger partial charge < -0.3 is 4.90 Å². The molecule has 0 aromatic carbocycles. The molecule has 3 heterocycles. The molecule has 3 fully saturated rings. The van der Waals surface area contributed by atoms with Gasteiger partial charge in [0.2, 0.25) is 5.95 Å². The Kier molecular flexibility index (Phi) is 4.69. The normalized spacial score (nSPS) is 25.5. The molecule has 0 amide bonds. The van der Waals surface area contributed by atoms with Gasteiger partial charge in [0.15, 0.2) is 0 Å². The van der Waals surface area contributed by atoms with E-state index in [0.29, 0.717) is 11.1 Å². The van der Waals surface area contributed by atoms with E-state index in [9.17, 15) is 0 Å². The van der Waals surface area contributed by atoms with Gasteiger partial charge in [0.25, 0.3) is 0 Å². The Labute approximate surface area is 143 Å². The Balaban J connectivity index is 1.23. The second-order valence-electron chi connectivity index (χ2n) is 7.12. The van der Waals surface area contributed by atoms with Crippen LogP contribution in [0.1, 0.15) is 32.1 Å². The number of nitrogens with zero attached hydrogens (tertiary/aromatic N) is 5. The van der Waals surface area contributed by atoms with Crippen molar-refractivity contribution in [3.8, 4) is 0 Å². The molecule has 1 saturated carbocycles. The first-order valence-electron chi connectivity index (χ1n) is 9.00. The molecule has 4 rings (SSSR count). The van der Waals surface area contributed by atoms with E-state index in [1.807, 2.05) is 0 Å². The number of rotatable bonds is 3. The summed E-state index contributed by atoms with van der Waals surface area (Å²) >= 11 is 5.85. The number of halogens is 1. The van der Waals surface area contributed by atoms with Crippen molar-refractivity contribution in [1.82, 2.24) is 19.8 Å². The zero-order valence-electron chi connectivity index (χ0n) is 13.7. The lowest BCUT2D eigenvalue weighted by Crippen LogP contribution is -2.64. The smallest absolute Gasteiger partial charge is 0.225 e. The fraction of sp³-hybridized carbons (Fsp3) is 0.765. The average Bonchev–Trinajstić information content (AvgIpc) is 2.57. The summed E-state index contributed by atoms with van der Waals surface area (Å²) in [6.45, 7) is 7.03. The zero-order valence-corrected chi connectivity index (χ0v) is 14.5. The van der Waals surface area contributed by atoms with E-state index in [1.165, 1.54) is 58.3 Å². The van der Waals surface area contributed by atoms with Crippen molar-refractivity contribution >= 4 is 17.5 Å². The van der Waals surface area contributed by atoms with E-state index in [1.54, 1.807) is 12.4 Å². The van der Waals surface area contributed by atoms with Gasteiger partial charge in [0, 0.05) is 51.4 Å². The highest BCUT2D eigenvalue weighted by Crippen LogP contribution is 2.26. The van der Waals surface area contributed by atoms with Gasteiger partial charge >= 0.3 is 0 Å². The van der Waals surface area contributed by atoms with E-state index in [4.69, 9.17) is 11.6 Å². The summed E-state index contributed by atoms with van der Waals surface area (Å²) in [7, 11) is 0. The molecule has 0 atom stereocenters. The van der Waals surface area contributed by atoms with Crippen molar-refractivity contribution < 1.29 is 0 Å². The molecule has 0 unspecified atom stereocenters. The van der Waals surface area contributed by atoms with Gasteiger partial charge in [-0.1, -0.05) is 30.9 Å². The molecule has 2 aliphatic heterocycles. The Bertz CT molecular complexity index is 502. The summed E-state index contributed by atoms with van der Waals surface area (Å²) in [5.74, 6) is 0.812. The second-order valence-corrected chi connectivity index (χ2v) is 7.56. The summed E-state index contributed by atoms with van der Waals surface area (Å²) < 4.78 is 0. The lowest BCUT2D eigenvalue weighted by Gasteiger charge is -2.49. The van der Waals surface area contributed by atoms with Gasteiger partial charge in [-0.05, 0) is 12.8 Å². The Hall–Kier alpha value is -0.910. The molecule has 0 spiro atoms. The molecule has 0 bridgehead atoms. The van der Waals surface area contributed by atoms with Gasteiger partial charge in [-0.15, -0.1) is 0 Å². The summed E-state index contributed by atoms with van der Waals surface area (Å²) in [5.41, 5.74) is 0. The maximum atomic E-state index is 5.85. The van der Waals surface area contributed by atoms with E-state index >= 15 is 0 Å². The van der Waals surface area contributed by atoms with Crippen LogP contribution in [0.25, 0.3) is 0 Å². The van der Waals surface area contributed by atoms with Crippen LogP contribution in [-0.4, -0.2) is 71.1 Å². The predicted molar refractivity (Wildman–Crippen MR) is 93.1 cm³/mol. The molecule has 5 nitrogen and oxygen atoms in total. The van der Waals surface area contributed by atoms with E-state index in [2.05, 4.69) is 24.7 Å². The van der Waals surface area contributed by atoms with Crippen molar-refractivity contribution in [2.24, 2.45) is 0 Å². The van der Waals surface area contributed by atoms with Crippen LogP contribution < -0.4 is 4.90 Å². The molecule has 1 aromatic rings. The molecule has 1 aromatic heterocycles. The predicted octanol–water partition coefficient (Wildman–Crippen LogP) is 2.27. The monoisotopic (exact) mass is 335 g/mol. The minimum atomic E-state index is 0.602. The molecule has 23 heavy (non-hydrogen) atoms. The first kappa shape index (κ1) is 15.6. The van der Waals surface area contributed by atoms with Crippen molar-refractivity contribution in [2.75, 3.05) is 44.2 Å². The quantitative estimate of drug-likeness (QED) is 0.846. The highest BCUT2D eigenvalue weighted by molar-refractivity contribution is 6.30. The van der Waals surface area contributed by atoms with Gasteiger partial charge in [-0.2, -0.15) is 0 Å². The van der Waals surface area contributed by atoms with E-state index in [0.717, 1.165) is 25.1 Å². The molecule has 6 heteroatoms. The first-order valence-corrected chi connectivity index (χ1v) is 9.38. The Morgan fingerprint density at radius 1 is 0.826 bits per heavy atom. The van der Waals surface area contributed by atoms with Crippen LogP contribution >= 0.6 is 11.6 Å². The van der Waals surface area contributed by atoms with Crippen LogP contribution in [0.4, 0.5) is 5.95 Å². The van der Waals surface area contributed by atoms with Gasteiger partial charge in [0.05, 0.1) is 17.4 Å². The zero-order chi connectivity index (χ0) is 15.6. The lowest BCUT2D eigenvalue weighted by atomic mass is 9.93. The van der Waals surface area contributed by atoms with E-state index in [-0.39, 0.29) is 0 Å². The first-order chi connectivity index (χ1) is 11.3. The summed E-state index contributed by atoms with van der Waals surface area (Å²) in [6.07, 6.45) is 10.5. The fourth-order valence-electron chi connectivity index (χ4n) is 4.23. The standard InChI is InChI=1S/C17H26ClN5/c18-14-10-19-17(20-11-14)23-12-16(13-23)22-8-6-21(7-9-22)15-4-2-1-3-5-15/h10-11,15-16H,1-9,12-13H2. The molecule has 1 aliphatic carbocycles. The molecule has 0 radical (unpaired) electrons. The minimum absolute atomic E-state index is 0.602. The molecule has 3 aliphatic rings. The molecule has 126 valence electrons. The highest BCUT2D eigenvalue weighted by Gasteiger charge is 2.35. The Morgan fingerprint density at radius 3 is 2.00 bits per heavy atom. The van der Waals surface area contributed by atoms with E-state index < -0.39 is 0 Å². The van der Waals surface area contributed by atoms with Crippen LogP contribution in [0, 0.1) is 0 Å². The fourth-order valence-corrected chi connectivity index (χ4v) is 4.33. The molecule has 2 saturated heterocycles. The number of piperazine rings is 1. The van der Waals surface area contributed by atoms with Crippen LogP contribution in [0.15, 0.2) is 12.4 Å². The number of anilines is 1. The summed E-state index contributed by atoms with van der Waals surface area (Å²) in [6, 6.07) is 1.54. The highest BCUT2D eigenvalue weighted by atomic mass is 35.5. The minimum Gasteiger partial charge on any atom is -0.338 e. The third-order valence-corrected chi connectivity index (χ3v) is 5.90. The number of hydrogen-bond acceptors (Lipinski definition) is 5. The van der Waals surface area contributed by atoms with Gasteiger partial charge in [-0.25, -0.2) is 9.97 Å². The topological polar surface area (TPSA) is 35.5 Å². The lowest BCUT2D eigenvalue weighted by molar-refractivity contribution is 0.0485.